The zero-order chi connectivity index (χ0) is 22.7. The van der Waals surface area contributed by atoms with Gasteiger partial charge in [0.1, 0.15) is 29.3 Å². The van der Waals surface area contributed by atoms with E-state index in [0.29, 0.717) is 16.8 Å². The third kappa shape index (κ3) is 2.32. The van der Waals surface area contributed by atoms with Crippen molar-refractivity contribution < 1.29 is 23.1 Å². The van der Waals surface area contributed by atoms with Crippen LogP contribution in [0.2, 0.25) is 0 Å². The van der Waals surface area contributed by atoms with Gasteiger partial charge in [-0.1, -0.05) is 18.2 Å². The summed E-state index contributed by atoms with van der Waals surface area (Å²) >= 11 is 0. The maximum absolute atomic E-state index is 14.8. The van der Waals surface area contributed by atoms with Crippen molar-refractivity contribution in [2.24, 2.45) is 0 Å². The molecule has 0 aliphatic heterocycles. The number of allylic oxidation sites excluding steroid dienone is 3. The number of nitrogens with zero attached hydrogens (tertiary/aromatic N) is 3. The maximum Gasteiger partial charge on any atom is 0.198 e. The van der Waals surface area contributed by atoms with Crippen LogP contribution in [0, 0.1) is 40.1 Å². The Morgan fingerprint density at radius 1 is 0.906 bits per heavy atom. The molecule has 5 nitrogen and oxygen atoms in total. The maximum atomic E-state index is 14.8. The monoisotopic (exact) mass is 427 g/mol. The van der Waals surface area contributed by atoms with Gasteiger partial charge in [0.15, 0.2) is 17.4 Å². The third-order valence-electron chi connectivity index (χ3n) is 5.47. The lowest BCUT2D eigenvalue weighted by atomic mass is 9.91. The molecule has 2 aliphatic rings. The SMILES string of the molecule is N#CC(C#N)=C1/C(=C2/c3cccnc3-c3c(O)cccc32)C(=O)c2c(F)c(F)cc(F)c21. The van der Waals surface area contributed by atoms with Crippen molar-refractivity contribution in [2.45, 2.75) is 0 Å². The van der Waals surface area contributed by atoms with Crippen LogP contribution in [-0.2, 0) is 0 Å². The Morgan fingerprint density at radius 2 is 1.62 bits per heavy atom. The summed E-state index contributed by atoms with van der Waals surface area (Å²) in [5, 5.41) is 29.4. The Morgan fingerprint density at radius 3 is 2.34 bits per heavy atom. The standard InChI is InChI=1S/C24H8F3N3O2/c25-13-7-14(26)22(27)21-19(13)16(10(8-28)9-29)20(24(21)32)17-11-3-1-5-15(31)18(11)23-12(17)4-2-6-30-23/h1-7,31H/b20-17-. The van der Waals surface area contributed by atoms with Crippen LogP contribution in [0.1, 0.15) is 27.0 Å². The number of aromatic hydroxyl groups is 1. The van der Waals surface area contributed by atoms with Crippen LogP contribution in [0.5, 0.6) is 5.75 Å². The van der Waals surface area contributed by atoms with Gasteiger partial charge in [0.05, 0.1) is 16.8 Å². The molecule has 2 aliphatic carbocycles. The fourth-order valence-corrected chi connectivity index (χ4v) is 4.26. The minimum atomic E-state index is -1.57. The minimum absolute atomic E-state index is 0.136. The molecule has 8 heteroatoms. The number of pyridine rings is 1. The predicted molar refractivity (Wildman–Crippen MR) is 106 cm³/mol. The Labute approximate surface area is 178 Å². The van der Waals surface area contributed by atoms with Gasteiger partial charge in [-0.2, -0.15) is 10.5 Å². The van der Waals surface area contributed by atoms with E-state index in [0.717, 1.165) is 0 Å². The second-order valence-corrected chi connectivity index (χ2v) is 7.06. The molecule has 32 heavy (non-hydrogen) atoms. The first-order valence-electron chi connectivity index (χ1n) is 9.20. The fraction of sp³-hybridized carbons (Fsp3) is 0. The van der Waals surface area contributed by atoms with Crippen molar-refractivity contribution in [3.05, 3.63) is 93.4 Å². The van der Waals surface area contributed by atoms with Crippen molar-refractivity contribution in [3.8, 4) is 29.1 Å². The second kappa shape index (κ2) is 6.66. The first kappa shape index (κ1) is 19.3. The summed E-state index contributed by atoms with van der Waals surface area (Å²) in [5.41, 5.74) is -1.51. The normalized spacial score (nSPS) is 15.7. The van der Waals surface area contributed by atoms with E-state index in [1.54, 1.807) is 30.3 Å². The van der Waals surface area contributed by atoms with E-state index in [4.69, 9.17) is 0 Å². The summed E-state index contributed by atoms with van der Waals surface area (Å²) in [6.07, 6.45) is 1.47. The Bertz CT molecular complexity index is 1540. The number of nitriles is 2. The van der Waals surface area contributed by atoms with E-state index in [2.05, 4.69) is 4.98 Å². The van der Waals surface area contributed by atoms with Crippen LogP contribution in [0.25, 0.3) is 22.4 Å². The van der Waals surface area contributed by atoms with Crippen molar-refractivity contribution in [1.82, 2.24) is 4.98 Å². The van der Waals surface area contributed by atoms with Gasteiger partial charge < -0.3 is 5.11 Å². The number of phenolic OH excluding ortho intramolecular Hbond substituents is 1. The molecule has 1 aromatic heterocycles. The Kier molecular flexibility index (Phi) is 4.01. The first-order valence-corrected chi connectivity index (χ1v) is 9.20. The van der Waals surface area contributed by atoms with Crippen LogP contribution in [-0.4, -0.2) is 15.9 Å². The molecular formula is C24H8F3N3O2. The lowest BCUT2D eigenvalue weighted by Crippen LogP contribution is -2.04. The molecule has 2 aromatic carbocycles. The molecule has 0 saturated carbocycles. The van der Waals surface area contributed by atoms with Gasteiger partial charge in [-0.05, 0) is 17.7 Å². The van der Waals surface area contributed by atoms with Gasteiger partial charge >= 0.3 is 0 Å². The smallest absolute Gasteiger partial charge is 0.198 e. The zero-order valence-electron chi connectivity index (χ0n) is 15.9. The number of phenols is 1. The van der Waals surface area contributed by atoms with Gasteiger partial charge in [-0.25, -0.2) is 13.2 Å². The molecule has 152 valence electrons. The van der Waals surface area contributed by atoms with Gasteiger partial charge in [0.25, 0.3) is 0 Å². The fourth-order valence-electron chi connectivity index (χ4n) is 4.26. The number of fused-ring (bicyclic) bond motifs is 4. The molecule has 0 spiro atoms. The molecule has 0 unspecified atom stereocenters. The van der Waals surface area contributed by atoms with Crippen molar-refractivity contribution >= 4 is 16.9 Å². The van der Waals surface area contributed by atoms with E-state index in [1.165, 1.54) is 18.3 Å². The number of hydrogen-bond donors (Lipinski definition) is 1. The van der Waals surface area contributed by atoms with Crippen LogP contribution < -0.4 is 0 Å². The van der Waals surface area contributed by atoms with Crippen LogP contribution in [0.3, 0.4) is 0 Å². The quantitative estimate of drug-likeness (QED) is 0.250. The molecular weight excluding hydrogens is 419 g/mol. The summed E-state index contributed by atoms with van der Waals surface area (Å²) in [7, 11) is 0. The van der Waals surface area contributed by atoms with Crippen LogP contribution in [0.15, 0.2) is 53.7 Å². The molecule has 0 atom stereocenters. The van der Waals surface area contributed by atoms with E-state index in [1.807, 2.05) is 0 Å². The number of Topliss-reactive ketones (excluding diaryl/α,β-unsaturated/α-hetero) is 1. The third-order valence-corrected chi connectivity index (χ3v) is 5.47. The highest BCUT2D eigenvalue weighted by molar-refractivity contribution is 6.33. The molecule has 0 amide bonds. The highest BCUT2D eigenvalue weighted by Crippen LogP contribution is 2.53. The Balaban J connectivity index is 2.03. The highest BCUT2D eigenvalue weighted by atomic mass is 19.2. The highest BCUT2D eigenvalue weighted by Gasteiger charge is 2.43. The zero-order valence-corrected chi connectivity index (χ0v) is 15.9. The molecule has 0 saturated heterocycles. The van der Waals surface area contributed by atoms with Gasteiger partial charge in [-0.15, -0.1) is 0 Å². The minimum Gasteiger partial charge on any atom is -0.507 e. The lowest BCUT2D eigenvalue weighted by molar-refractivity contribution is 0.103. The predicted octanol–water partition coefficient (Wildman–Crippen LogP) is 4.68. The first-order chi connectivity index (χ1) is 15.4. The largest absolute Gasteiger partial charge is 0.507 e. The average Bonchev–Trinajstić information content (AvgIpc) is 3.26. The van der Waals surface area contributed by atoms with E-state index in [-0.39, 0.29) is 28.5 Å². The van der Waals surface area contributed by atoms with Crippen LogP contribution >= 0.6 is 0 Å². The van der Waals surface area contributed by atoms with Crippen molar-refractivity contribution in [1.29, 1.82) is 10.5 Å². The van der Waals surface area contributed by atoms with E-state index in [9.17, 15) is 33.6 Å². The number of benzene rings is 2. The number of ketones is 1. The molecule has 0 radical (unpaired) electrons. The number of halogens is 3. The molecule has 1 N–H and O–H groups in total. The second-order valence-electron chi connectivity index (χ2n) is 7.06. The molecule has 0 bridgehead atoms. The Hall–Kier alpha value is -4.69. The summed E-state index contributed by atoms with van der Waals surface area (Å²) in [6, 6.07) is 11.1. The molecule has 0 fully saturated rings. The lowest BCUT2D eigenvalue weighted by Gasteiger charge is -2.10. The number of hydrogen-bond acceptors (Lipinski definition) is 5. The van der Waals surface area contributed by atoms with E-state index < -0.39 is 45.5 Å². The summed E-state index contributed by atoms with van der Waals surface area (Å²) in [6.45, 7) is 0. The summed E-state index contributed by atoms with van der Waals surface area (Å²) < 4.78 is 43.4. The summed E-state index contributed by atoms with van der Waals surface area (Å²) in [5.74, 6) is -5.63. The average molecular weight is 427 g/mol. The molecule has 3 aromatic rings. The number of carbonyl (C=O) groups is 1. The molecule has 1 heterocycles. The van der Waals surface area contributed by atoms with Gasteiger partial charge in [0.2, 0.25) is 0 Å². The van der Waals surface area contributed by atoms with Gasteiger partial charge in [-0.3, -0.25) is 9.78 Å². The number of rotatable bonds is 0. The van der Waals surface area contributed by atoms with E-state index >= 15 is 0 Å². The molecule has 5 rings (SSSR count). The van der Waals surface area contributed by atoms with Gasteiger partial charge in [0, 0.05) is 40.1 Å². The summed E-state index contributed by atoms with van der Waals surface area (Å²) in [4.78, 5) is 17.7. The van der Waals surface area contributed by atoms with Crippen molar-refractivity contribution in [3.63, 3.8) is 0 Å². The van der Waals surface area contributed by atoms with Crippen LogP contribution in [0.4, 0.5) is 13.2 Å². The number of carbonyl (C=O) groups excluding carboxylic acids is 1. The number of aromatic nitrogens is 1. The van der Waals surface area contributed by atoms with Crippen molar-refractivity contribution in [2.75, 3.05) is 0 Å². The topological polar surface area (TPSA) is 97.8 Å².